The molecule has 1 aliphatic heterocycles. The van der Waals surface area contributed by atoms with Crippen LogP contribution in [0.15, 0.2) is 5.38 Å². The summed E-state index contributed by atoms with van der Waals surface area (Å²) in [5.74, 6) is 0.896. The Kier molecular flexibility index (Phi) is 3.95. The van der Waals surface area contributed by atoms with Gasteiger partial charge in [0.2, 0.25) is 0 Å². The fraction of sp³-hybridized carbons (Fsp3) is 0.750. The molecular weight excluding hydrogens is 218 g/mol. The average Bonchev–Trinajstić information content (AvgIpc) is 2.70. The van der Waals surface area contributed by atoms with Crippen LogP contribution in [0.3, 0.4) is 0 Å². The molecule has 1 fully saturated rings. The summed E-state index contributed by atoms with van der Waals surface area (Å²) >= 11 is 1.74. The van der Waals surface area contributed by atoms with E-state index in [1.165, 1.54) is 30.9 Å². The normalized spacial score (nSPS) is 21.2. The van der Waals surface area contributed by atoms with Crippen molar-refractivity contribution < 1.29 is 0 Å². The van der Waals surface area contributed by atoms with Gasteiger partial charge in [0.1, 0.15) is 5.01 Å². The number of hydrogen-bond acceptors (Lipinski definition) is 4. The van der Waals surface area contributed by atoms with Crippen LogP contribution in [0, 0.1) is 5.92 Å². The van der Waals surface area contributed by atoms with Crippen molar-refractivity contribution in [2.75, 3.05) is 13.1 Å². The van der Waals surface area contributed by atoms with Gasteiger partial charge in [-0.25, -0.2) is 4.98 Å². The molecule has 0 saturated carbocycles. The van der Waals surface area contributed by atoms with Gasteiger partial charge in [-0.1, -0.05) is 6.92 Å². The van der Waals surface area contributed by atoms with Gasteiger partial charge in [0, 0.05) is 11.4 Å². The first-order valence-electron chi connectivity index (χ1n) is 6.07. The molecule has 1 aliphatic rings. The van der Waals surface area contributed by atoms with E-state index in [0.29, 0.717) is 0 Å². The molecule has 0 radical (unpaired) electrons. The zero-order valence-corrected chi connectivity index (χ0v) is 11.0. The van der Waals surface area contributed by atoms with Crippen molar-refractivity contribution in [2.45, 2.75) is 39.3 Å². The van der Waals surface area contributed by atoms with Gasteiger partial charge in [-0.15, -0.1) is 11.3 Å². The lowest BCUT2D eigenvalue weighted by atomic mass is 9.99. The van der Waals surface area contributed by atoms with E-state index in [2.05, 4.69) is 22.2 Å². The smallest absolute Gasteiger partial charge is 0.107 e. The molecule has 0 aliphatic carbocycles. The number of piperidine rings is 1. The van der Waals surface area contributed by atoms with Crippen LogP contribution in [-0.2, 0) is 6.54 Å². The highest BCUT2D eigenvalue weighted by Gasteiger charge is 2.17. The summed E-state index contributed by atoms with van der Waals surface area (Å²) in [5, 5.41) is 3.30. The average molecular weight is 239 g/mol. The molecule has 16 heavy (non-hydrogen) atoms. The van der Waals surface area contributed by atoms with E-state index in [4.69, 9.17) is 5.73 Å². The van der Waals surface area contributed by atoms with Crippen LogP contribution in [0.1, 0.15) is 43.4 Å². The Bertz CT molecular complexity index is 327. The molecule has 0 spiro atoms. The highest BCUT2D eigenvalue weighted by Crippen LogP contribution is 2.20. The van der Waals surface area contributed by atoms with Crippen LogP contribution in [-0.4, -0.2) is 23.0 Å². The molecule has 90 valence electrons. The molecule has 0 bridgehead atoms. The van der Waals surface area contributed by atoms with Crippen molar-refractivity contribution in [1.82, 2.24) is 9.88 Å². The van der Waals surface area contributed by atoms with E-state index >= 15 is 0 Å². The minimum Gasteiger partial charge on any atom is -0.323 e. The SMILES string of the molecule is CC1CCN(Cc2nc(C(C)N)cs2)CC1. The quantitative estimate of drug-likeness (QED) is 0.880. The van der Waals surface area contributed by atoms with Crippen molar-refractivity contribution in [2.24, 2.45) is 11.7 Å². The van der Waals surface area contributed by atoms with Gasteiger partial charge in [-0.05, 0) is 38.8 Å². The minimum atomic E-state index is 0.0615. The molecule has 1 atom stereocenters. The Morgan fingerprint density at radius 2 is 2.25 bits per heavy atom. The fourth-order valence-electron chi connectivity index (χ4n) is 2.02. The third kappa shape index (κ3) is 3.03. The van der Waals surface area contributed by atoms with Crippen LogP contribution < -0.4 is 5.73 Å². The molecule has 2 N–H and O–H groups in total. The molecule has 1 saturated heterocycles. The van der Waals surface area contributed by atoms with Gasteiger partial charge in [0.15, 0.2) is 0 Å². The van der Waals surface area contributed by atoms with Gasteiger partial charge >= 0.3 is 0 Å². The summed E-state index contributed by atoms with van der Waals surface area (Å²) in [7, 11) is 0. The number of rotatable bonds is 3. The summed E-state index contributed by atoms with van der Waals surface area (Å²) in [6, 6.07) is 0.0615. The topological polar surface area (TPSA) is 42.2 Å². The van der Waals surface area contributed by atoms with Gasteiger partial charge in [-0.3, -0.25) is 4.90 Å². The summed E-state index contributed by atoms with van der Waals surface area (Å²) in [4.78, 5) is 7.08. The van der Waals surface area contributed by atoms with Crippen LogP contribution >= 0.6 is 11.3 Å². The summed E-state index contributed by atoms with van der Waals surface area (Å²) in [5.41, 5.74) is 6.84. The summed E-state index contributed by atoms with van der Waals surface area (Å²) in [6.07, 6.45) is 2.65. The molecular formula is C12H21N3S. The van der Waals surface area contributed by atoms with E-state index in [1.54, 1.807) is 11.3 Å². The molecule has 0 aromatic carbocycles. The molecule has 0 amide bonds. The van der Waals surface area contributed by atoms with Crippen LogP contribution in [0.4, 0.5) is 0 Å². The molecule has 1 aromatic rings. The molecule has 3 nitrogen and oxygen atoms in total. The first-order chi connectivity index (χ1) is 7.65. The Hall–Kier alpha value is -0.450. The molecule has 4 heteroatoms. The van der Waals surface area contributed by atoms with Crippen molar-refractivity contribution in [3.05, 3.63) is 16.1 Å². The zero-order valence-electron chi connectivity index (χ0n) is 10.1. The predicted octanol–water partition coefficient (Wildman–Crippen LogP) is 2.39. The van der Waals surface area contributed by atoms with Crippen LogP contribution in [0.2, 0.25) is 0 Å². The number of likely N-dealkylation sites (tertiary alicyclic amines) is 1. The first-order valence-corrected chi connectivity index (χ1v) is 6.95. The van der Waals surface area contributed by atoms with Crippen molar-refractivity contribution in [3.8, 4) is 0 Å². The Balaban J connectivity index is 1.88. The second-order valence-electron chi connectivity index (χ2n) is 4.91. The van der Waals surface area contributed by atoms with Crippen molar-refractivity contribution >= 4 is 11.3 Å². The standard InChI is InChI=1S/C12H21N3S/c1-9-3-5-15(6-4-9)7-12-14-11(8-16-12)10(2)13/h8-10H,3-7,13H2,1-2H3. The summed E-state index contributed by atoms with van der Waals surface area (Å²) < 4.78 is 0. The molecule has 1 unspecified atom stereocenters. The number of hydrogen-bond donors (Lipinski definition) is 1. The highest BCUT2D eigenvalue weighted by atomic mass is 32.1. The van der Waals surface area contributed by atoms with Crippen LogP contribution in [0.25, 0.3) is 0 Å². The third-order valence-electron chi connectivity index (χ3n) is 3.27. The van der Waals surface area contributed by atoms with E-state index in [-0.39, 0.29) is 6.04 Å². The third-order valence-corrected chi connectivity index (χ3v) is 4.12. The maximum Gasteiger partial charge on any atom is 0.107 e. The number of nitrogens with two attached hydrogens (primary N) is 1. The zero-order chi connectivity index (χ0) is 11.5. The minimum absolute atomic E-state index is 0.0615. The lowest BCUT2D eigenvalue weighted by Gasteiger charge is -2.29. The van der Waals surface area contributed by atoms with Crippen molar-refractivity contribution in [1.29, 1.82) is 0 Å². The first kappa shape index (κ1) is 12.0. The van der Waals surface area contributed by atoms with Gasteiger partial charge in [0.25, 0.3) is 0 Å². The Labute approximate surface area is 102 Å². The number of thiazole rings is 1. The number of nitrogens with zero attached hydrogens (tertiary/aromatic N) is 2. The van der Waals surface area contributed by atoms with Gasteiger partial charge in [-0.2, -0.15) is 0 Å². The Morgan fingerprint density at radius 3 is 2.81 bits per heavy atom. The lowest BCUT2D eigenvalue weighted by molar-refractivity contribution is 0.185. The second-order valence-corrected chi connectivity index (χ2v) is 5.86. The molecule has 2 rings (SSSR count). The van der Waals surface area contributed by atoms with E-state index < -0.39 is 0 Å². The van der Waals surface area contributed by atoms with E-state index in [0.717, 1.165) is 18.2 Å². The monoisotopic (exact) mass is 239 g/mol. The maximum atomic E-state index is 5.81. The molecule has 1 aromatic heterocycles. The fourth-order valence-corrected chi connectivity index (χ4v) is 2.96. The maximum absolute atomic E-state index is 5.81. The number of aromatic nitrogens is 1. The molecule has 2 heterocycles. The predicted molar refractivity (Wildman–Crippen MR) is 68.4 cm³/mol. The van der Waals surface area contributed by atoms with Gasteiger partial charge < -0.3 is 5.73 Å². The van der Waals surface area contributed by atoms with E-state index in [1.807, 2.05) is 6.92 Å². The second kappa shape index (κ2) is 5.25. The highest BCUT2D eigenvalue weighted by molar-refractivity contribution is 7.09. The lowest BCUT2D eigenvalue weighted by Crippen LogP contribution is -2.32. The largest absolute Gasteiger partial charge is 0.323 e. The summed E-state index contributed by atoms with van der Waals surface area (Å²) in [6.45, 7) is 7.77. The van der Waals surface area contributed by atoms with E-state index in [9.17, 15) is 0 Å². The Morgan fingerprint density at radius 1 is 1.56 bits per heavy atom. The van der Waals surface area contributed by atoms with Crippen molar-refractivity contribution in [3.63, 3.8) is 0 Å². The van der Waals surface area contributed by atoms with Gasteiger partial charge in [0.05, 0.1) is 12.2 Å². The van der Waals surface area contributed by atoms with Crippen LogP contribution in [0.5, 0.6) is 0 Å².